The van der Waals surface area contributed by atoms with Crippen molar-refractivity contribution in [3.8, 4) is 11.4 Å². The Balaban J connectivity index is 2.49. The molecule has 0 unspecified atom stereocenters. The molecule has 1 aromatic carbocycles. The molecule has 0 bridgehead atoms. The molecule has 0 atom stereocenters. The van der Waals surface area contributed by atoms with Gasteiger partial charge in [0.25, 0.3) is 0 Å². The number of nitrogens with zero attached hydrogens (tertiary/aromatic N) is 2. The predicted octanol–water partition coefficient (Wildman–Crippen LogP) is 3.59. The molecule has 0 N–H and O–H groups in total. The van der Waals surface area contributed by atoms with Crippen LogP contribution in [0.15, 0.2) is 30.6 Å². The molecule has 0 aliphatic heterocycles. The van der Waals surface area contributed by atoms with Gasteiger partial charge in [-0.2, -0.15) is 0 Å². The summed E-state index contributed by atoms with van der Waals surface area (Å²) in [5.41, 5.74) is 0.626. The Morgan fingerprint density at radius 3 is 2.33 bits per heavy atom. The van der Waals surface area contributed by atoms with Crippen molar-refractivity contribution in [2.24, 2.45) is 0 Å². The average Bonchev–Trinajstić information content (AvgIpc) is 2.20. The van der Waals surface area contributed by atoms with Crippen molar-refractivity contribution < 1.29 is 4.39 Å². The Hall–Kier alpha value is -1.19. The highest BCUT2D eigenvalue weighted by Crippen LogP contribution is 2.27. The first-order chi connectivity index (χ1) is 7.16. The van der Waals surface area contributed by atoms with Gasteiger partial charge >= 0.3 is 0 Å². The number of benzene rings is 1. The fourth-order valence-electron chi connectivity index (χ4n) is 1.12. The van der Waals surface area contributed by atoms with Crippen molar-refractivity contribution in [2.45, 2.75) is 0 Å². The first-order valence-electron chi connectivity index (χ1n) is 4.10. The summed E-state index contributed by atoms with van der Waals surface area (Å²) in [6.45, 7) is 0. The van der Waals surface area contributed by atoms with Crippen LogP contribution in [-0.4, -0.2) is 9.97 Å². The lowest BCUT2D eigenvalue weighted by molar-refractivity contribution is 0.614. The summed E-state index contributed by atoms with van der Waals surface area (Å²) in [5, 5.41) is 0.972. The van der Waals surface area contributed by atoms with Gasteiger partial charge in [-0.1, -0.05) is 23.2 Å². The number of halogens is 3. The minimum Gasteiger partial charge on any atom is -0.233 e. The fraction of sp³-hybridized carbons (Fsp3) is 0. The van der Waals surface area contributed by atoms with Crippen molar-refractivity contribution in [1.82, 2.24) is 9.97 Å². The third-order valence-electron chi connectivity index (χ3n) is 1.79. The SMILES string of the molecule is Fc1cnc(-c2ccc(Cl)cc2Cl)nc1. The van der Waals surface area contributed by atoms with Gasteiger partial charge in [0.05, 0.1) is 17.4 Å². The zero-order valence-electron chi connectivity index (χ0n) is 7.42. The molecule has 0 fully saturated rings. The fourth-order valence-corrected chi connectivity index (χ4v) is 1.62. The van der Waals surface area contributed by atoms with Crippen LogP contribution in [0.5, 0.6) is 0 Å². The van der Waals surface area contributed by atoms with E-state index in [0.717, 1.165) is 12.4 Å². The highest BCUT2D eigenvalue weighted by molar-refractivity contribution is 6.36. The van der Waals surface area contributed by atoms with E-state index in [-0.39, 0.29) is 0 Å². The quantitative estimate of drug-likeness (QED) is 0.764. The summed E-state index contributed by atoms with van der Waals surface area (Å²) in [6, 6.07) is 4.96. The third-order valence-corrected chi connectivity index (χ3v) is 2.34. The van der Waals surface area contributed by atoms with Crippen LogP contribution >= 0.6 is 23.2 Å². The van der Waals surface area contributed by atoms with Gasteiger partial charge in [-0.15, -0.1) is 0 Å². The molecular weight excluding hydrogens is 238 g/mol. The lowest BCUT2D eigenvalue weighted by Gasteiger charge is -2.02. The molecule has 2 aromatic rings. The van der Waals surface area contributed by atoms with Crippen LogP contribution in [-0.2, 0) is 0 Å². The van der Waals surface area contributed by atoms with Gasteiger partial charge in [0.2, 0.25) is 0 Å². The zero-order chi connectivity index (χ0) is 10.8. The van der Waals surface area contributed by atoms with Crippen LogP contribution in [0.4, 0.5) is 4.39 Å². The summed E-state index contributed by atoms with van der Waals surface area (Å²) >= 11 is 11.7. The molecule has 0 aliphatic rings. The molecular formula is C10H5Cl2FN2. The molecule has 1 aromatic heterocycles. The molecule has 2 rings (SSSR count). The first kappa shape index (κ1) is 10.3. The number of hydrogen-bond donors (Lipinski definition) is 0. The average molecular weight is 243 g/mol. The maximum absolute atomic E-state index is 12.6. The molecule has 0 saturated carbocycles. The minimum atomic E-state index is -0.483. The standard InChI is InChI=1S/C10H5Cl2FN2/c11-6-1-2-8(9(12)3-6)10-14-4-7(13)5-15-10/h1-5H. The molecule has 76 valence electrons. The second-order valence-corrected chi connectivity index (χ2v) is 3.69. The van der Waals surface area contributed by atoms with Gasteiger partial charge in [-0.05, 0) is 18.2 Å². The van der Waals surface area contributed by atoms with Gasteiger partial charge < -0.3 is 0 Å². The van der Waals surface area contributed by atoms with Gasteiger partial charge in [-0.25, -0.2) is 14.4 Å². The van der Waals surface area contributed by atoms with E-state index in [1.807, 2.05) is 0 Å². The van der Waals surface area contributed by atoms with E-state index >= 15 is 0 Å². The Kier molecular flexibility index (Phi) is 2.84. The summed E-state index contributed by atoms with van der Waals surface area (Å²) in [4.78, 5) is 7.65. The lowest BCUT2D eigenvalue weighted by Crippen LogP contribution is -1.90. The van der Waals surface area contributed by atoms with Gasteiger partial charge in [0.1, 0.15) is 0 Å². The highest BCUT2D eigenvalue weighted by Gasteiger charge is 2.06. The van der Waals surface area contributed by atoms with Crippen LogP contribution in [0.3, 0.4) is 0 Å². The zero-order valence-corrected chi connectivity index (χ0v) is 8.93. The van der Waals surface area contributed by atoms with Crippen molar-refractivity contribution >= 4 is 23.2 Å². The Morgan fingerprint density at radius 2 is 1.73 bits per heavy atom. The number of aromatic nitrogens is 2. The molecule has 0 amide bonds. The normalized spacial score (nSPS) is 10.3. The van der Waals surface area contributed by atoms with Crippen LogP contribution in [0, 0.1) is 5.82 Å². The van der Waals surface area contributed by atoms with Crippen LogP contribution in [0.1, 0.15) is 0 Å². The Bertz CT molecular complexity index is 485. The van der Waals surface area contributed by atoms with E-state index in [0.29, 0.717) is 21.4 Å². The molecule has 0 saturated heterocycles. The van der Waals surface area contributed by atoms with E-state index < -0.39 is 5.82 Å². The largest absolute Gasteiger partial charge is 0.233 e. The monoisotopic (exact) mass is 242 g/mol. The molecule has 5 heteroatoms. The van der Waals surface area contributed by atoms with E-state index in [4.69, 9.17) is 23.2 Å². The molecule has 1 heterocycles. The number of hydrogen-bond acceptors (Lipinski definition) is 2. The van der Waals surface area contributed by atoms with Crippen molar-refractivity contribution in [3.63, 3.8) is 0 Å². The van der Waals surface area contributed by atoms with Crippen LogP contribution < -0.4 is 0 Å². The maximum Gasteiger partial charge on any atom is 0.160 e. The summed E-state index contributed by atoms with van der Waals surface area (Å²) in [5.74, 6) is -0.109. The highest BCUT2D eigenvalue weighted by atomic mass is 35.5. The molecule has 0 radical (unpaired) electrons. The van der Waals surface area contributed by atoms with Crippen molar-refractivity contribution in [3.05, 3.63) is 46.5 Å². The second kappa shape index (κ2) is 4.13. The predicted molar refractivity (Wildman–Crippen MR) is 57.4 cm³/mol. The van der Waals surface area contributed by atoms with E-state index in [1.54, 1.807) is 18.2 Å². The van der Waals surface area contributed by atoms with Crippen molar-refractivity contribution in [1.29, 1.82) is 0 Å². The van der Waals surface area contributed by atoms with Gasteiger partial charge in [0, 0.05) is 10.6 Å². The second-order valence-electron chi connectivity index (χ2n) is 2.85. The summed E-state index contributed by atoms with van der Waals surface area (Å²) in [7, 11) is 0. The number of rotatable bonds is 1. The minimum absolute atomic E-state index is 0.373. The summed E-state index contributed by atoms with van der Waals surface area (Å²) < 4.78 is 12.6. The molecule has 0 aliphatic carbocycles. The van der Waals surface area contributed by atoms with Crippen molar-refractivity contribution in [2.75, 3.05) is 0 Å². The first-order valence-corrected chi connectivity index (χ1v) is 4.85. The smallest absolute Gasteiger partial charge is 0.160 e. The van der Waals surface area contributed by atoms with Crippen LogP contribution in [0.25, 0.3) is 11.4 Å². The molecule has 15 heavy (non-hydrogen) atoms. The topological polar surface area (TPSA) is 25.8 Å². The van der Waals surface area contributed by atoms with Gasteiger partial charge in [0.15, 0.2) is 11.6 Å². The lowest BCUT2D eigenvalue weighted by atomic mass is 10.2. The Morgan fingerprint density at radius 1 is 1.07 bits per heavy atom. The molecule has 2 nitrogen and oxygen atoms in total. The maximum atomic E-state index is 12.6. The van der Waals surface area contributed by atoms with E-state index in [1.165, 1.54) is 0 Å². The van der Waals surface area contributed by atoms with E-state index in [2.05, 4.69) is 9.97 Å². The Labute approximate surface area is 95.7 Å². The third kappa shape index (κ3) is 2.25. The molecule has 0 spiro atoms. The van der Waals surface area contributed by atoms with E-state index in [9.17, 15) is 4.39 Å². The van der Waals surface area contributed by atoms with Crippen LogP contribution in [0.2, 0.25) is 10.0 Å². The van der Waals surface area contributed by atoms with Gasteiger partial charge in [-0.3, -0.25) is 0 Å². The summed E-state index contributed by atoms with van der Waals surface area (Å²) in [6.07, 6.45) is 2.18.